The Balaban J connectivity index is 1.36. The monoisotopic (exact) mass is 522 g/mol. The van der Waals surface area contributed by atoms with Gasteiger partial charge in [0, 0.05) is 17.4 Å². The molecule has 1 aliphatic rings. The second-order valence-corrected chi connectivity index (χ2v) is 10.5. The van der Waals surface area contributed by atoms with Crippen LogP contribution < -0.4 is 5.32 Å². The summed E-state index contributed by atoms with van der Waals surface area (Å²) in [6, 6.07) is 6.23. The Labute approximate surface area is 200 Å². The number of sulfone groups is 1. The van der Waals surface area contributed by atoms with E-state index in [4.69, 9.17) is 5.26 Å². The third kappa shape index (κ3) is 5.46. The van der Waals surface area contributed by atoms with Gasteiger partial charge in [-0.1, -0.05) is 0 Å². The summed E-state index contributed by atoms with van der Waals surface area (Å²) in [6.45, 7) is -1.50. The number of likely N-dealkylation sites (tertiary alicyclic amines) is 1. The predicted molar refractivity (Wildman–Crippen MR) is 116 cm³/mol. The molecule has 16 heteroatoms. The van der Waals surface area contributed by atoms with Crippen molar-refractivity contribution in [3.8, 4) is 17.5 Å². The molecule has 182 valence electrons. The highest BCUT2D eigenvalue weighted by Gasteiger charge is 2.47. The normalized spacial score (nSPS) is 17.2. The maximum absolute atomic E-state index is 13.5. The Morgan fingerprint density at radius 1 is 1.31 bits per heavy atom. The summed E-state index contributed by atoms with van der Waals surface area (Å²) in [6.07, 6.45) is -0.757. The molecule has 3 aromatic rings. The van der Waals surface area contributed by atoms with Crippen molar-refractivity contribution in [3.63, 3.8) is 0 Å². The van der Waals surface area contributed by atoms with Gasteiger partial charge in [-0.15, -0.1) is 21.5 Å². The molecule has 0 bridgehead atoms. The average molecular weight is 523 g/mol. The molecule has 0 spiro atoms. The predicted octanol–water partition coefficient (Wildman–Crippen LogP) is 0.787. The van der Waals surface area contributed by atoms with Gasteiger partial charge < -0.3 is 10.2 Å². The fourth-order valence-electron chi connectivity index (χ4n) is 3.37. The van der Waals surface area contributed by atoms with Gasteiger partial charge >= 0.3 is 0 Å². The van der Waals surface area contributed by atoms with Crippen molar-refractivity contribution in [3.05, 3.63) is 40.3 Å². The Hall–Kier alpha value is -3.84. The summed E-state index contributed by atoms with van der Waals surface area (Å²) in [7, 11) is -3.78. The summed E-state index contributed by atoms with van der Waals surface area (Å²) in [5.74, 6) is -4.92. The summed E-state index contributed by atoms with van der Waals surface area (Å²) in [5, 5.41) is 26.1. The topological polar surface area (TPSA) is 175 Å². The molecule has 1 atom stereocenters. The van der Waals surface area contributed by atoms with Gasteiger partial charge in [0.25, 0.3) is 11.8 Å². The van der Waals surface area contributed by atoms with Crippen LogP contribution >= 0.6 is 11.3 Å². The number of hydrogen-bond acceptors (Lipinski definition) is 10. The minimum absolute atomic E-state index is 0.0333. The number of nitrogens with zero attached hydrogens (tertiary/aromatic N) is 6. The third-order valence-electron chi connectivity index (χ3n) is 5.05. The van der Waals surface area contributed by atoms with Crippen molar-refractivity contribution in [1.29, 1.82) is 5.26 Å². The van der Waals surface area contributed by atoms with Crippen molar-refractivity contribution in [2.45, 2.75) is 29.0 Å². The molecule has 1 aliphatic heterocycles. The number of tetrazole rings is 1. The molecular formula is C19H16F2N8O4S2. The molecular weight excluding hydrogens is 506 g/mol. The number of aromatic amines is 1. The van der Waals surface area contributed by atoms with E-state index in [2.05, 4.69) is 30.9 Å². The van der Waals surface area contributed by atoms with Crippen LogP contribution in [-0.2, 0) is 20.4 Å². The van der Waals surface area contributed by atoms with E-state index >= 15 is 0 Å². The molecule has 4 rings (SSSR count). The summed E-state index contributed by atoms with van der Waals surface area (Å²) >= 11 is 0.943. The number of carbonyl (C=O) groups is 2. The van der Waals surface area contributed by atoms with E-state index in [1.807, 2.05) is 0 Å². The largest absolute Gasteiger partial charge is 0.342 e. The fraction of sp³-hybridized carbons (Fsp3) is 0.316. The van der Waals surface area contributed by atoms with E-state index in [0.29, 0.717) is 11.4 Å². The zero-order valence-electron chi connectivity index (χ0n) is 17.7. The first-order valence-corrected chi connectivity index (χ1v) is 12.5. The zero-order valence-corrected chi connectivity index (χ0v) is 19.3. The number of rotatable bonds is 7. The van der Waals surface area contributed by atoms with Crippen molar-refractivity contribution in [2.75, 3.05) is 13.1 Å². The van der Waals surface area contributed by atoms with Gasteiger partial charge in [-0.2, -0.15) is 10.5 Å². The molecule has 2 amide bonds. The van der Waals surface area contributed by atoms with E-state index < -0.39 is 58.9 Å². The SMILES string of the molecule is N#C[C@@H]1CC(F)(F)CN1C(=O)CNC(=O)c1csc(CS(=O)(=O)c2ccc(-c3nn[nH]n3)cc2)n1. The van der Waals surface area contributed by atoms with E-state index in [1.54, 1.807) is 6.07 Å². The number of amides is 2. The summed E-state index contributed by atoms with van der Waals surface area (Å²) in [5.41, 5.74) is 0.447. The fourth-order valence-corrected chi connectivity index (χ4v) is 5.77. The van der Waals surface area contributed by atoms with Crippen LogP contribution in [0.4, 0.5) is 8.78 Å². The van der Waals surface area contributed by atoms with Gasteiger partial charge in [-0.05, 0) is 29.5 Å². The first kappa shape index (κ1) is 24.3. The molecule has 3 heterocycles. The molecule has 35 heavy (non-hydrogen) atoms. The number of benzene rings is 1. The molecule has 12 nitrogen and oxygen atoms in total. The first-order valence-electron chi connectivity index (χ1n) is 9.94. The van der Waals surface area contributed by atoms with Crippen LogP contribution in [0.5, 0.6) is 0 Å². The maximum atomic E-state index is 13.5. The number of aromatic nitrogens is 5. The highest BCUT2D eigenvalue weighted by Crippen LogP contribution is 2.31. The number of hydrogen-bond donors (Lipinski definition) is 2. The van der Waals surface area contributed by atoms with Gasteiger partial charge in [0.2, 0.25) is 11.7 Å². The third-order valence-corrected chi connectivity index (χ3v) is 7.73. The van der Waals surface area contributed by atoms with Crippen LogP contribution in [0, 0.1) is 11.3 Å². The van der Waals surface area contributed by atoms with Crippen LogP contribution in [-0.4, -0.2) is 75.8 Å². The Kier molecular flexibility index (Phi) is 6.54. The number of nitriles is 1. The molecule has 1 aromatic carbocycles. The van der Waals surface area contributed by atoms with E-state index in [0.717, 1.165) is 16.2 Å². The molecule has 0 unspecified atom stereocenters. The van der Waals surface area contributed by atoms with Crippen LogP contribution in [0.25, 0.3) is 11.4 Å². The van der Waals surface area contributed by atoms with Gasteiger partial charge in [-0.3, -0.25) is 9.59 Å². The number of H-pyrrole nitrogens is 1. The molecule has 1 fully saturated rings. The zero-order chi connectivity index (χ0) is 25.2. The Morgan fingerprint density at radius 3 is 2.71 bits per heavy atom. The Morgan fingerprint density at radius 2 is 2.06 bits per heavy atom. The summed E-state index contributed by atoms with van der Waals surface area (Å²) in [4.78, 5) is 29.3. The lowest BCUT2D eigenvalue weighted by Gasteiger charge is -2.19. The number of carbonyl (C=O) groups excluding carboxylic acids is 2. The van der Waals surface area contributed by atoms with Crippen molar-refractivity contribution < 1.29 is 26.8 Å². The second-order valence-electron chi connectivity index (χ2n) is 7.55. The highest BCUT2D eigenvalue weighted by atomic mass is 32.2. The van der Waals surface area contributed by atoms with Crippen LogP contribution in [0.2, 0.25) is 0 Å². The lowest BCUT2D eigenvalue weighted by molar-refractivity contribution is -0.131. The smallest absolute Gasteiger partial charge is 0.271 e. The molecule has 0 radical (unpaired) electrons. The van der Waals surface area contributed by atoms with Crippen LogP contribution in [0.3, 0.4) is 0 Å². The van der Waals surface area contributed by atoms with E-state index in [9.17, 15) is 26.8 Å². The van der Waals surface area contributed by atoms with Gasteiger partial charge in [0.1, 0.15) is 22.5 Å². The minimum atomic E-state index is -3.78. The minimum Gasteiger partial charge on any atom is -0.342 e. The quantitative estimate of drug-likeness (QED) is 0.454. The molecule has 0 aliphatic carbocycles. The molecule has 0 saturated carbocycles. The van der Waals surface area contributed by atoms with Gasteiger partial charge in [0.05, 0.1) is 24.1 Å². The van der Waals surface area contributed by atoms with Crippen LogP contribution in [0.1, 0.15) is 21.9 Å². The van der Waals surface area contributed by atoms with Crippen LogP contribution in [0.15, 0.2) is 34.5 Å². The standard InChI is InChI=1S/C19H16F2N8O4S2/c20-19(21)5-12(6-22)29(10-19)16(30)7-23-18(31)14-8-34-15(24-14)9-35(32,33)13-3-1-11(2-4-13)17-25-27-28-26-17/h1-4,8,12H,5,7,9-10H2,(H,23,31)(H,25,26,27,28)/t12-/m0/s1. The maximum Gasteiger partial charge on any atom is 0.271 e. The highest BCUT2D eigenvalue weighted by molar-refractivity contribution is 7.90. The average Bonchev–Trinajstić information content (AvgIpc) is 3.57. The lowest BCUT2D eigenvalue weighted by atomic mass is 10.2. The van der Waals surface area contributed by atoms with Crippen molar-refractivity contribution >= 4 is 33.0 Å². The number of alkyl halides is 2. The van der Waals surface area contributed by atoms with E-state index in [-0.39, 0.29) is 15.6 Å². The van der Waals surface area contributed by atoms with Crippen molar-refractivity contribution in [1.82, 2.24) is 35.8 Å². The molecule has 2 aromatic heterocycles. The molecule has 2 N–H and O–H groups in total. The van der Waals surface area contributed by atoms with E-state index in [1.165, 1.54) is 29.6 Å². The number of halogens is 2. The van der Waals surface area contributed by atoms with Crippen molar-refractivity contribution in [2.24, 2.45) is 0 Å². The number of nitrogens with one attached hydrogen (secondary N) is 2. The van der Waals surface area contributed by atoms with Gasteiger partial charge in [0.15, 0.2) is 9.84 Å². The first-order chi connectivity index (χ1) is 16.6. The molecule has 1 saturated heterocycles. The number of thiazole rings is 1. The second kappa shape index (κ2) is 9.43. The summed E-state index contributed by atoms with van der Waals surface area (Å²) < 4.78 is 52.5. The Bertz CT molecular complexity index is 1380. The lowest BCUT2D eigenvalue weighted by Crippen LogP contribution is -2.43. The van der Waals surface area contributed by atoms with Gasteiger partial charge in [-0.25, -0.2) is 22.2 Å².